The number of carbonyl (C=O) groups excluding carboxylic acids is 1. The van der Waals surface area contributed by atoms with E-state index in [1.165, 1.54) is 123 Å². The Balaban J connectivity index is 0.000000128. The zero-order valence-corrected chi connectivity index (χ0v) is 66.3. The zero-order valence-electron chi connectivity index (χ0n) is 66.3. The van der Waals surface area contributed by atoms with Crippen LogP contribution in [0.25, 0.3) is 43.7 Å². The maximum Gasteiger partial charge on any atom is 0.433 e. The third kappa shape index (κ3) is 16.9. The number of likely N-dealkylation sites (N-methyl/N-ethyl adjacent to an activating group) is 4. The molecule has 0 radical (unpaired) electrons. The summed E-state index contributed by atoms with van der Waals surface area (Å²) in [6.45, 7) is 32.7. The number of Topliss-reactive ketones (excluding diaryl/α,β-unsaturated/α-hetero) is 1. The van der Waals surface area contributed by atoms with Crippen LogP contribution in [0.3, 0.4) is 0 Å². The van der Waals surface area contributed by atoms with Crippen molar-refractivity contribution in [3.63, 3.8) is 0 Å². The molecule has 13 heterocycles. The first-order valence-electron chi connectivity index (χ1n) is 38.7. The topological polar surface area (TPSA) is 160 Å². The second-order valence-corrected chi connectivity index (χ2v) is 33.3. The van der Waals surface area contributed by atoms with E-state index >= 15 is 0 Å². The quantitative estimate of drug-likeness (QED) is 0.100. The Morgan fingerprint density at radius 1 is 0.550 bits per heavy atom. The summed E-state index contributed by atoms with van der Waals surface area (Å²) < 4.78 is 47.8. The average Bonchev–Trinajstić information content (AvgIpc) is 1.63. The third-order valence-corrected chi connectivity index (χ3v) is 23.1. The molecule has 3 aromatic carbocycles. The fourth-order valence-electron chi connectivity index (χ4n) is 17.2. The van der Waals surface area contributed by atoms with Crippen LogP contribution in [0.2, 0.25) is 0 Å². The SMILES string of the molecule is CN1Cc2c(n(CCc3ccc(C(F)(F)F)nc3)c3ncccc23)C(C)(C)C1.Cc1cc2c3c(n(CC(C)(O)c4cccnc4)c2cc1C)CCN(C)C3.Cc1ccc2c(c1)c1c(n2CC(CC(=O)C(C)(C)C)c2ccncc2)CCN(C)C1.Cc1ccc2c(c1)c1c(n2CC(CN)c2ccncc2)CCN(C)C1. The second-order valence-electron chi connectivity index (χ2n) is 33.3. The standard InChI is InChI=1S/C26H33N3O.C22H27N3O.C21H23F3N4.C21H26N4/c1-18-6-7-23-21(14-18)22-17-28(5)13-10-24(22)29(23)16-20(15-25(30)26(2,3)4)19-8-11-27-12-9-19;1-15-10-18-19-13-24(4)9-7-20(19)25(21(18)11-16(15)2)14-22(3,26)17-6-5-8-23-12-17;1-20(2)13-27(3)12-16-15-5-4-9-25-19(15)28(18(16)20)10-8-14-6-7-17(26-11-14)21(22,23)24;1-15-3-4-20-18(11-15)19-14-24(2)10-7-21(19)25(20)13-17(12-22)16-5-8-23-9-6-16/h6-9,11-12,14,20H,10,13,15-17H2,1-5H3;5-6,8,10-12,26H,7,9,13-14H2,1-4H3;4-7,9,11H,8,10,12-13H2,1-3H3;3-6,8-9,11,17H,7,10,12-14,22H2,1-2H3. The molecule has 109 heavy (non-hydrogen) atoms. The van der Waals surface area contributed by atoms with Crippen molar-refractivity contribution in [1.82, 2.24) is 62.8 Å². The van der Waals surface area contributed by atoms with E-state index < -0.39 is 17.5 Å². The molecule has 16 nitrogen and oxygen atoms in total. The number of benzene rings is 3. The van der Waals surface area contributed by atoms with Crippen LogP contribution in [-0.4, -0.2) is 135 Å². The van der Waals surface area contributed by atoms with Crippen LogP contribution >= 0.6 is 0 Å². The highest BCUT2D eigenvalue weighted by Crippen LogP contribution is 2.42. The predicted molar refractivity (Wildman–Crippen MR) is 433 cm³/mol. The molecule has 0 fully saturated rings. The van der Waals surface area contributed by atoms with E-state index in [1.807, 2.05) is 70.7 Å². The van der Waals surface area contributed by atoms with Crippen LogP contribution in [0.4, 0.5) is 13.2 Å². The van der Waals surface area contributed by atoms with Gasteiger partial charge in [-0.2, -0.15) is 13.2 Å². The first-order valence-corrected chi connectivity index (χ1v) is 38.7. The van der Waals surface area contributed by atoms with Gasteiger partial charge in [-0.1, -0.05) is 70.0 Å². The summed E-state index contributed by atoms with van der Waals surface area (Å²) in [6.07, 6.45) is 13.9. The van der Waals surface area contributed by atoms with Gasteiger partial charge in [0.15, 0.2) is 0 Å². The van der Waals surface area contributed by atoms with E-state index in [9.17, 15) is 23.1 Å². The number of halogens is 3. The number of nitrogens with zero attached hydrogens (tertiary/aromatic N) is 13. The van der Waals surface area contributed by atoms with Gasteiger partial charge in [0.2, 0.25) is 0 Å². The third-order valence-electron chi connectivity index (χ3n) is 23.1. The van der Waals surface area contributed by atoms with Crippen LogP contribution in [0.5, 0.6) is 0 Å². The van der Waals surface area contributed by atoms with Gasteiger partial charge in [0.1, 0.15) is 22.7 Å². The van der Waals surface area contributed by atoms with Crippen molar-refractivity contribution in [3.8, 4) is 0 Å². The molecule has 16 rings (SSSR count). The Bertz CT molecular complexity index is 5200. The van der Waals surface area contributed by atoms with Crippen molar-refractivity contribution >= 4 is 49.5 Å². The minimum atomic E-state index is -4.41. The van der Waals surface area contributed by atoms with Crippen molar-refractivity contribution in [2.45, 2.75) is 183 Å². The van der Waals surface area contributed by atoms with Gasteiger partial charge < -0.3 is 48.7 Å². The summed E-state index contributed by atoms with van der Waals surface area (Å²) in [6, 6.07) is 37.0. The summed E-state index contributed by atoms with van der Waals surface area (Å²) in [4.78, 5) is 43.2. The molecule has 0 saturated carbocycles. The molecule has 12 aromatic rings. The van der Waals surface area contributed by atoms with Gasteiger partial charge in [0, 0.05) is 243 Å². The van der Waals surface area contributed by atoms with Gasteiger partial charge in [-0.05, 0) is 204 Å². The van der Waals surface area contributed by atoms with Crippen molar-refractivity contribution in [2.24, 2.45) is 11.1 Å². The average molecular weight is 1480 g/mol. The lowest BCUT2D eigenvalue weighted by Crippen LogP contribution is -2.41. The van der Waals surface area contributed by atoms with Crippen molar-refractivity contribution in [3.05, 3.63) is 254 Å². The number of alkyl halides is 3. The van der Waals surface area contributed by atoms with Crippen molar-refractivity contribution in [2.75, 3.05) is 60.9 Å². The van der Waals surface area contributed by atoms with E-state index in [0.717, 1.165) is 113 Å². The molecule has 4 aliphatic rings. The molecule has 3 N–H and O–H groups in total. The van der Waals surface area contributed by atoms with E-state index in [2.05, 4.69) is 211 Å². The molecular weight excluding hydrogens is 1370 g/mol. The van der Waals surface area contributed by atoms with E-state index in [1.54, 1.807) is 18.6 Å². The van der Waals surface area contributed by atoms with Gasteiger partial charge in [0.25, 0.3) is 0 Å². The number of aromatic nitrogens is 9. The summed E-state index contributed by atoms with van der Waals surface area (Å²) in [5.41, 5.74) is 29.4. The number of aryl methyl sites for hydroxylation is 6. The molecule has 572 valence electrons. The minimum Gasteiger partial charge on any atom is -0.384 e. The highest BCUT2D eigenvalue weighted by molar-refractivity contribution is 5.90. The Labute approximate surface area is 640 Å². The van der Waals surface area contributed by atoms with Crippen LogP contribution in [0.1, 0.15) is 155 Å². The number of ketones is 1. The number of aliphatic hydroxyl groups is 1. The zero-order chi connectivity index (χ0) is 77.4. The summed E-state index contributed by atoms with van der Waals surface area (Å²) in [5, 5.41) is 16.5. The molecule has 0 spiro atoms. The molecule has 0 aliphatic carbocycles. The second kappa shape index (κ2) is 32.0. The molecule has 19 heteroatoms. The fourth-order valence-corrected chi connectivity index (χ4v) is 17.2. The first-order chi connectivity index (χ1) is 51.9. The number of nitrogens with two attached hydrogens (primary N) is 1. The van der Waals surface area contributed by atoms with Crippen molar-refractivity contribution in [1.29, 1.82) is 0 Å². The Hall–Kier alpha value is -9.21. The Morgan fingerprint density at radius 2 is 1.07 bits per heavy atom. The molecule has 3 atom stereocenters. The predicted octanol–water partition coefficient (Wildman–Crippen LogP) is 16.2. The molecule has 0 bridgehead atoms. The van der Waals surface area contributed by atoms with Crippen LogP contribution in [-0.2, 0) is 100 Å². The lowest BCUT2D eigenvalue weighted by molar-refractivity contribution is -0.141. The van der Waals surface area contributed by atoms with Gasteiger partial charge in [-0.3, -0.25) is 24.7 Å². The Morgan fingerprint density at radius 3 is 1.60 bits per heavy atom. The van der Waals surface area contributed by atoms with Gasteiger partial charge in [-0.25, -0.2) is 4.98 Å². The largest absolute Gasteiger partial charge is 0.433 e. The summed E-state index contributed by atoms with van der Waals surface area (Å²) in [5.74, 6) is 0.759. The maximum atomic E-state index is 13.0. The van der Waals surface area contributed by atoms with E-state index in [4.69, 9.17) is 5.73 Å². The normalized spacial score (nSPS) is 16.6. The summed E-state index contributed by atoms with van der Waals surface area (Å²) >= 11 is 0. The maximum absolute atomic E-state index is 13.0. The van der Waals surface area contributed by atoms with Gasteiger partial charge in [-0.15, -0.1) is 0 Å². The van der Waals surface area contributed by atoms with Crippen LogP contribution in [0, 0.1) is 33.1 Å². The van der Waals surface area contributed by atoms with E-state index in [0.29, 0.717) is 44.2 Å². The Kier molecular flexibility index (Phi) is 22.9. The van der Waals surface area contributed by atoms with Crippen molar-refractivity contribution < 1.29 is 23.1 Å². The molecule has 9 aromatic heterocycles. The minimum absolute atomic E-state index is 0.0403. The van der Waals surface area contributed by atoms with Gasteiger partial charge >= 0.3 is 6.18 Å². The number of pyridine rings is 5. The monoisotopic (exact) mass is 1470 g/mol. The molecule has 0 amide bonds. The lowest BCUT2D eigenvalue weighted by atomic mass is 9.82. The number of hydrogen-bond donors (Lipinski definition) is 2. The highest BCUT2D eigenvalue weighted by atomic mass is 19.4. The number of carbonyl (C=O) groups is 1. The number of fused-ring (bicyclic) bond motifs is 12. The summed E-state index contributed by atoms with van der Waals surface area (Å²) in [7, 11) is 8.71. The lowest BCUT2D eigenvalue weighted by Gasteiger charge is -2.37. The first kappa shape index (κ1) is 77.9. The molecule has 4 aliphatic heterocycles. The van der Waals surface area contributed by atoms with Crippen LogP contribution in [0.15, 0.2) is 159 Å². The molecular formula is C90H109F3N14O2. The molecule has 3 unspecified atom stereocenters. The molecule has 0 saturated heterocycles. The van der Waals surface area contributed by atoms with Crippen LogP contribution < -0.4 is 5.73 Å². The number of rotatable bonds is 15. The fraction of sp³-hybridized carbons (Fsp3) is 0.422. The number of hydrogen-bond acceptors (Lipinski definition) is 12. The highest BCUT2D eigenvalue weighted by Gasteiger charge is 2.38. The van der Waals surface area contributed by atoms with E-state index in [-0.39, 0.29) is 16.7 Å². The van der Waals surface area contributed by atoms with Gasteiger partial charge in [0.05, 0.1) is 6.54 Å². The smallest absolute Gasteiger partial charge is 0.384 e.